The first-order chi connectivity index (χ1) is 9.85. The summed E-state index contributed by atoms with van der Waals surface area (Å²) in [6.07, 6.45) is 1.17. The zero-order valence-electron chi connectivity index (χ0n) is 12.1. The molecular formula is C17H22N2O. The minimum absolute atomic E-state index is 0.0763. The first-order valence-corrected chi connectivity index (χ1v) is 7.03. The molecule has 3 nitrogen and oxygen atoms in total. The van der Waals surface area contributed by atoms with Crippen LogP contribution in [0.1, 0.15) is 25.1 Å². The van der Waals surface area contributed by atoms with Gasteiger partial charge >= 0.3 is 0 Å². The van der Waals surface area contributed by atoms with Crippen LogP contribution < -0.4 is 15.4 Å². The lowest BCUT2D eigenvalue weighted by Crippen LogP contribution is -2.28. The maximum Gasteiger partial charge on any atom is 0.142 e. The molecule has 2 rings (SSSR count). The van der Waals surface area contributed by atoms with Gasteiger partial charge in [-0.1, -0.05) is 49.4 Å². The van der Waals surface area contributed by atoms with Crippen LogP contribution in [0.4, 0.5) is 5.69 Å². The molecule has 0 aliphatic rings. The van der Waals surface area contributed by atoms with E-state index in [0.717, 1.165) is 24.4 Å². The summed E-state index contributed by atoms with van der Waals surface area (Å²) < 4.78 is 5.40. The third kappa shape index (κ3) is 3.75. The Labute approximate surface area is 121 Å². The van der Waals surface area contributed by atoms with E-state index in [1.807, 2.05) is 30.3 Å². The summed E-state index contributed by atoms with van der Waals surface area (Å²) in [5, 5.41) is 7.03. The molecule has 0 bridgehead atoms. The zero-order chi connectivity index (χ0) is 14.2. The predicted molar refractivity (Wildman–Crippen MR) is 84.1 cm³/mol. The average molecular weight is 270 g/mol. The van der Waals surface area contributed by atoms with E-state index >= 15 is 0 Å². The van der Waals surface area contributed by atoms with Crippen LogP contribution in [0.25, 0.3) is 0 Å². The van der Waals surface area contributed by atoms with Crippen molar-refractivity contribution in [1.82, 2.24) is 5.32 Å². The van der Waals surface area contributed by atoms with Gasteiger partial charge in [0.25, 0.3) is 0 Å². The van der Waals surface area contributed by atoms with E-state index in [1.54, 1.807) is 7.11 Å². The summed E-state index contributed by atoms with van der Waals surface area (Å²) in [6, 6.07) is 18.4. The van der Waals surface area contributed by atoms with Crippen LogP contribution >= 0.6 is 0 Å². The largest absolute Gasteiger partial charge is 0.495 e. The summed E-state index contributed by atoms with van der Waals surface area (Å²) in [5.74, 6) is 0.853. The van der Waals surface area contributed by atoms with Gasteiger partial charge in [-0.05, 0) is 30.7 Å². The van der Waals surface area contributed by atoms with Gasteiger partial charge in [-0.3, -0.25) is 5.32 Å². The number of para-hydroxylation sites is 2. The topological polar surface area (TPSA) is 33.3 Å². The van der Waals surface area contributed by atoms with Crippen molar-refractivity contribution in [1.29, 1.82) is 0 Å². The lowest BCUT2D eigenvalue weighted by atomic mass is 10.1. The number of rotatable bonds is 7. The van der Waals surface area contributed by atoms with Gasteiger partial charge in [-0.2, -0.15) is 0 Å². The Hall–Kier alpha value is -2.00. The molecular weight excluding hydrogens is 248 g/mol. The summed E-state index contributed by atoms with van der Waals surface area (Å²) in [6.45, 7) is 3.12. The quantitative estimate of drug-likeness (QED) is 0.751. The summed E-state index contributed by atoms with van der Waals surface area (Å²) in [4.78, 5) is 0. The highest BCUT2D eigenvalue weighted by Gasteiger charge is 2.11. The van der Waals surface area contributed by atoms with Crippen LogP contribution in [-0.2, 0) is 0 Å². The Morgan fingerprint density at radius 1 is 1.00 bits per heavy atom. The fourth-order valence-electron chi connectivity index (χ4n) is 2.11. The fourth-order valence-corrected chi connectivity index (χ4v) is 2.11. The molecule has 0 heterocycles. The van der Waals surface area contributed by atoms with Gasteiger partial charge in [0.2, 0.25) is 0 Å². The highest BCUT2D eigenvalue weighted by Crippen LogP contribution is 2.26. The molecule has 2 aromatic rings. The molecule has 0 saturated heterocycles. The second-order valence-corrected chi connectivity index (χ2v) is 4.64. The van der Waals surface area contributed by atoms with Crippen molar-refractivity contribution in [3.8, 4) is 5.75 Å². The van der Waals surface area contributed by atoms with E-state index in [2.05, 4.69) is 41.8 Å². The highest BCUT2D eigenvalue weighted by atomic mass is 16.5. The molecule has 0 amide bonds. The molecule has 20 heavy (non-hydrogen) atoms. The Kier molecular flexibility index (Phi) is 5.44. The highest BCUT2D eigenvalue weighted by molar-refractivity contribution is 5.57. The number of hydrogen-bond acceptors (Lipinski definition) is 3. The lowest BCUT2D eigenvalue weighted by molar-refractivity contribution is 0.415. The van der Waals surface area contributed by atoms with Gasteiger partial charge in [-0.25, -0.2) is 0 Å². The molecule has 2 aromatic carbocycles. The molecule has 0 unspecified atom stereocenters. The van der Waals surface area contributed by atoms with Crippen LogP contribution in [-0.4, -0.2) is 13.7 Å². The molecule has 0 aromatic heterocycles. The first kappa shape index (κ1) is 14.4. The number of methoxy groups -OCH3 is 1. The van der Waals surface area contributed by atoms with Gasteiger partial charge in [0.1, 0.15) is 11.9 Å². The van der Waals surface area contributed by atoms with Crippen molar-refractivity contribution in [2.75, 3.05) is 19.0 Å². The van der Waals surface area contributed by atoms with Crippen molar-refractivity contribution < 1.29 is 4.74 Å². The van der Waals surface area contributed by atoms with Crippen molar-refractivity contribution in [3.05, 3.63) is 60.2 Å². The third-order valence-electron chi connectivity index (χ3n) is 3.14. The fraction of sp³-hybridized carbons (Fsp3) is 0.294. The molecule has 0 fully saturated rings. The van der Waals surface area contributed by atoms with E-state index in [4.69, 9.17) is 4.74 Å². The number of nitrogens with one attached hydrogen (secondary N) is 2. The second-order valence-electron chi connectivity index (χ2n) is 4.64. The third-order valence-corrected chi connectivity index (χ3v) is 3.14. The smallest absolute Gasteiger partial charge is 0.142 e. The molecule has 3 heteroatoms. The van der Waals surface area contributed by atoms with E-state index < -0.39 is 0 Å². The molecule has 0 spiro atoms. The van der Waals surface area contributed by atoms with Crippen molar-refractivity contribution in [2.45, 2.75) is 19.5 Å². The van der Waals surface area contributed by atoms with Crippen LogP contribution in [0, 0.1) is 0 Å². The van der Waals surface area contributed by atoms with Gasteiger partial charge in [0, 0.05) is 0 Å². The summed E-state index contributed by atoms with van der Waals surface area (Å²) in [5.41, 5.74) is 2.21. The predicted octanol–water partition coefficient (Wildman–Crippen LogP) is 3.81. The maximum absolute atomic E-state index is 5.40. The first-order valence-electron chi connectivity index (χ1n) is 7.03. The molecule has 0 aliphatic heterocycles. The lowest BCUT2D eigenvalue weighted by Gasteiger charge is -2.23. The summed E-state index contributed by atoms with van der Waals surface area (Å²) >= 11 is 0. The van der Waals surface area contributed by atoms with E-state index in [-0.39, 0.29) is 6.17 Å². The van der Waals surface area contributed by atoms with Crippen LogP contribution in [0.15, 0.2) is 54.6 Å². The summed E-state index contributed by atoms with van der Waals surface area (Å²) in [7, 11) is 1.69. The zero-order valence-corrected chi connectivity index (χ0v) is 12.1. The SMILES string of the molecule is CCCN[C@@H](Nc1ccccc1OC)c1ccccc1. The van der Waals surface area contributed by atoms with Gasteiger partial charge < -0.3 is 10.1 Å². The van der Waals surface area contributed by atoms with Gasteiger partial charge in [0.05, 0.1) is 12.8 Å². The molecule has 0 radical (unpaired) electrons. The molecule has 2 N–H and O–H groups in total. The monoisotopic (exact) mass is 270 g/mol. The van der Waals surface area contributed by atoms with Crippen molar-refractivity contribution in [2.24, 2.45) is 0 Å². The Morgan fingerprint density at radius 2 is 1.70 bits per heavy atom. The molecule has 0 saturated carbocycles. The Bertz CT molecular complexity index is 513. The van der Waals surface area contributed by atoms with Crippen LogP contribution in [0.3, 0.4) is 0 Å². The van der Waals surface area contributed by atoms with Crippen LogP contribution in [0.5, 0.6) is 5.75 Å². The minimum atomic E-state index is 0.0763. The van der Waals surface area contributed by atoms with Crippen LogP contribution in [0.2, 0.25) is 0 Å². The molecule has 0 aliphatic carbocycles. The van der Waals surface area contributed by atoms with Crippen molar-refractivity contribution in [3.63, 3.8) is 0 Å². The van der Waals surface area contributed by atoms with E-state index in [0.29, 0.717) is 0 Å². The number of ether oxygens (including phenoxy) is 1. The number of hydrogen-bond donors (Lipinski definition) is 2. The van der Waals surface area contributed by atoms with E-state index in [9.17, 15) is 0 Å². The maximum atomic E-state index is 5.40. The Morgan fingerprint density at radius 3 is 2.40 bits per heavy atom. The number of benzene rings is 2. The Balaban J connectivity index is 2.19. The average Bonchev–Trinajstić information content (AvgIpc) is 2.52. The minimum Gasteiger partial charge on any atom is -0.495 e. The normalized spacial score (nSPS) is 11.9. The van der Waals surface area contributed by atoms with Crippen molar-refractivity contribution >= 4 is 5.69 Å². The van der Waals surface area contributed by atoms with E-state index in [1.165, 1.54) is 5.56 Å². The molecule has 1 atom stereocenters. The van der Waals surface area contributed by atoms with Gasteiger partial charge in [-0.15, -0.1) is 0 Å². The standard InChI is InChI=1S/C17H22N2O/c1-3-13-18-17(14-9-5-4-6-10-14)19-15-11-7-8-12-16(15)20-2/h4-12,17-19H,3,13H2,1-2H3/t17-/m0/s1. The second kappa shape index (κ2) is 7.56. The number of anilines is 1. The van der Waals surface area contributed by atoms with Gasteiger partial charge in [0.15, 0.2) is 0 Å². The molecule has 106 valence electrons.